The van der Waals surface area contributed by atoms with Crippen molar-refractivity contribution in [2.24, 2.45) is 0 Å². The van der Waals surface area contributed by atoms with Gasteiger partial charge in [0.1, 0.15) is 0 Å². The van der Waals surface area contributed by atoms with Gasteiger partial charge in [-0.1, -0.05) is 36.4 Å². The number of benzene rings is 2. The summed E-state index contributed by atoms with van der Waals surface area (Å²) in [6.07, 6.45) is 0.390. The zero-order valence-corrected chi connectivity index (χ0v) is 15.2. The average Bonchev–Trinajstić information content (AvgIpc) is 3.12. The first kappa shape index (κ1) is 17.5. The maximum absolute atomic E-state index is 12.7. The molecule has 0 aromatic heterocycles. The van der Waals surface area contributed by atoms with Crippen LogP contribution in [0.1, 0.15) is 12.8 Å². The van der Waals surface area contributed by atoms with Crippen LogP contribution >= 0.6 is 11.8 Å². The van der Waals surface area contributed by atoms with E-state index >= 15 is 0 Å². The summed E-state index contributed by atoms with van der Waals surface area (Å²) in [7, 11) is 0. The third-order valence-electron chi connectivity index (χ3n) is 4.71. The van der Waals surface area contributed by atoms with Crippen molar-refractivity contribution < 1.29 is 19.2 Å². The Morgan fingerprint density at radius 2 is 1.56 bits per heavy atom. The van der Waals surface area contributed by atoms with Crippen molar-refractivity contribution in [1.82, 2.24) is 9.80 Å². The first-order valence-corrected chi connectivity index (χ1v) is 9.52. The summed E-state index contributed by atoms with van der Waals surface area (Å²) < 4.78 is 0. The number of nitrogens with one attached hydrogen (secondary N) is 1. The second-order valence-corrected chi connectivity index (χ2v) is 7.42. The number of carbonyl (C=O) groups excluding carboxylic acids is 4. The molecule has 1 atom stereocenters. The number of thioether (sulfide) groups is 1. The van der Waals surface area contributed by atoms with Crippen molar-refractivity contribution in [3.8, 4) is 0 Å². The Labute approximate surface area is 159 Å². The highest BCUT2D eigenvalue weighted by Gasteiger charge is 2.40. The van der Waals surface area contributed by atoms with Crippen LogP contribution in [0.15, 0.2) is 42.5 Å². The molecule has 2 aromatic carbocycles. The third-order valence-corrected chi connectivity index (χ3v) is 5.68. The Kier molecular flexibility index (Phi) is 4.57. The van der Waals surface area contributed by atoms with Crippen LogP contribution < -0.4 is 5.32 Å². The van der Waals surface area contributed by atoms with E-state index in [0.29, 0.717) is 0 Å². The minimum absolute atomic E-state index is 0.0237. The summed E-state index contributed by atoms with van der Waals surface area (Å²) in [5.41, 5.74) is 0.776. The predicted molar refractivity (Wildman–Crippen MR) is 102 cm³/mol. The molecule has 4 amide bonds. The van der Waals surface area contributed by atoms with Gasteiger partial charge in [-0.15, -0.1) is 0 Å². The Balaban J connectivity index is 1.46. The average molecular weight is 383 g/mol. The Morgan fingerprint density at radius 1 is 0.889 bits per heavy atom. The molecule has 2 aliphatic heterocycles. The fourth-order valence-electron chi connectivity index (χ4n) is 3.30. The van der Waals surface area contributed by atoms with Crippen molar-refractivity contribution >= 4 is 51.2 Å². The lowest BCUT2D eigenvalue weighted by Gasteiger charge is -2.19. The minimum atomic E-state index is -0.728. The molecule has 4 rings (SSSR count). The molecule has 27 heavy (non-hydrogen) atoms. The van der Waals surface area contributed by atoms with Crippen molar-refractivity contribution in [3.05, 3.63) is 42.5 Å². The van der Waals surface area contributed by atoms with Crippen LogP contribution in [-0.4, -0.2) is 51.2 Å². The second kappa shape index (κ2) is 7.03. The molecule has 2 saturated heterocycles. The summed E-state index contributed by atoms with van der Waals surface area (Å²) in [6.45, 7) is 0.0760. The van der Waals surface area contributed by atoms with Gasteiger partial charge in [0.25, 0.3) is 11.1 Å². The van der Waals surface area contributed by atoms with Gasteiger partial charge in [-0.05, 0) is 23.2 Å². The highest BCUT2D eigenvalue weighted by molar-refractivity contribution is 8.15. The van der Waals surface area contributed by atoms with Crippen LogP contribution in [0.4, 0.5) is 10.5 Å². The van der Waals surface area contributed by atoms with Gasteiger partial charge < -0.3 is 5.32 Å². The Morgan fingerprint density at radius 3 is 2.33 bits per heavy atom. The maximum Gasteiger partial charge on any atom is 0.290 e. The summed E-state index contributed by atoms with van der Waals surface area (Å²) in [5.74, 6) is -0.869. The lowest BCUT2D eigenvalue weighted by atomic mass is 10.1. The van der Waals surface area contributed by atoms with E-state index in [1.165, 1.54) is 0 Å². The number of carbonyl (C=O) groups is 4. The number of anilines is 1. The van der Waals surface area contributed by atoms with Crippen molar-refractivity contribution in [2.45, 2.75) is 18.2 Å². The standard InChI is InChI=1S/C19H17N3O4S/c23-15-8-9-16(24)21(15)10-11-22-18(25)17(27-19(22)26)20-14-7-3-5-12-4-1-2-6-13(12)14/h1-7,17,20H,8-11H2. The van der Waals surface area contributed by atoms with E-state index in [4.69, 9.17) is 0 Å². The number of hydrogen-bond donors (Lipinski definition) is 1. The summed E-state index contributed by atoms with van der Waals surface area (Å²) in [5, 5.41) is 4.04. The van der Waals surface area contributed by atoms with E-state index in [1.54, 1.807) is 0 Å². The molecule has 1 N–H and O–H groups in total. The zero-order chi connectivity index (χ0) is 19.0. The summed E-state index contributed by atoms with van der Waals surface area (Å²) in [6, 6.07) is 13.5. The van der Waals surface area contributed by atoms with Gasteiger partial charge in [-0.3, -0.25) is 29.0 Å². The smallest absolute Gasteiger partial charge is 0.290 e. The highest BCUT2D eigenvalue weighted by Crippen LogP contribution is 2.31. The SMILES string of the molecule is O=C1CCC(=O)N1CCN1C(=O)SC(Nc2cccc3ccccc23)C1=O. The fourth-order valence-corrected chi connectivity index (χ4v) is 4.23. The van der Waals surface area contributed by atoms with E-state index < -0.39 is 5.37 Å². The second-order valence-electron chi connectivity index (χ2n) is 6.36. The maximum atomic E-state index is 12.7. The van der Waals surface area contributed by atoms with Gasteiger partial charge >= 0.3 is 0 Å². The molecule has 0 radical (unpaired) electrons. The minimum Gasteiger partial charge on any atom is -0.365 e. The molecule has 1 unspecified atom stereocenters. The summed E-state index contributed by atoms with van der Waals surface area (Å²) in [4.78, 5) is 50.5. The number of likely N-dealkylation sites (tertiary alicyclic amines) is 1. The Bertz CT molecular complexity index is 940. The summed E-state index contributed by atoms with van der Waals surface area (Å²) >= 11 is 0.907. The lowest BCUT2D eigenvalue weighted by molar-refractivity contribution is -0.139. The monoisotopic (exact) mass is 383 g/mol. The predicted octanol–water partition coefficient (Wildman–Crippen LogP) is 2.42. The number of imide groups is 2. The number of amides is 4. The van der Waals surface area contributed by atoms with Crippen molar-refractivity contribution in [1.29, 1.82) is 0 Å². The zero-order valence-electron chi connectivity index (χ0n) is 14.4. The molecule has 2 fully saturated rings. The molecule has 0 bridgehead atoms. The molecule has 0 aliphatic carbocycles. The number of fused-ring (bicyclic) bond motifs is 1. The number of rotatable bonds is 5. The van der Waals surface area contributed by atoms with E-state index in [0.717, 1.165) is 38.0 Å². The Hall–Kier alpha value is -2.87. The molecule has 2 aromatic rings. The van der Waals surface area contributed by atoms with E-state index in [-0.39, 0.29) is 48.9 Å². The van der Waals surface area contributed by atoms with Crippen LogP contribution in [0.3, 0.4) is 0 Å². The van der Waals surface area contributed by atoms with Crippen LogP contribution in [0.25, 0.3) is 10.8 Å². The van der Waals surface area contributed by atoms with E-state index in [1.807, 2.05) is 42.5 Å². The molecule has 138 valence electrons. The molecular formula is C19H17N3O4S. The van der Waals surface area contributed by atoms with Gasteiger partial charge in [0, 0.05) is 37.0 Å². The number of hydrogen-bond acceptors (Lipinski definition) is 6. The molecule has 2 heterocycles. The van der Waals surface area contributed by atoms with E-state index in [9.17, 15) is 19.2 Å². The molecule has 2 aliphatic rings. The lowest BCUT2D eigenvalue weighted by Crippen LogP contribution is -2.41. The topological polar surface area (TPSA) is 86.8 Å². The molecule has 7 nitrogen and oxygen atoms in total. The molecule has 8 heteroatoms. The largest absolute Gasteiger partial charge is 0.365 e. The first-order chi connectivity index (χ1) is 13.0. The van der Waals surface area contributed by atoms with E-state index in [2.05, 4.69) is 5.32 Å². The van der Waals surface area contributed by atoms with Gasteiger partial charge in [0.2, 0.25) is 11.8 Å². The van der Waals surface area contributed by atoms with Gasteiger partial charge in [-0.2, -0.15) is 0 Å². The van der Waals surface area contributed by atoms with Crippen LogP contribution in [0.5, 0.6) is 0 Å². The van der Waals surface area contributed by atoms with Gasteiger partial charge in [0.05, 0.1) is 0 Å². The normalized spacial score (nSPS) is 20.2. The van der Waals surface area contributed by atoms with Crippen LogP contribution in [-0.2, 0) is 14.4 Å². The van der Waals surface area contributed by atoms with Crippen LogP contribution in [0, 0.1) is 0 Å². The fraction of sp³-hybridized carbons (Fsp3) is 0.263. The van der Waals surface area contributed by atoms with Gasteiger partial charge in [0.15, 0.2) is 5.37 Å². The molecule has 0 spiro atoms. The van der Waals surface area contributed by atoms with Crippen LogP contribution in [0.2, 0.25) is 0 Å². The van der Waals surface area contributed by atoms with Gasteiger partial charge in [-0.25, -0.2) is 0 Å². The first-order valence-electron chi connectivity index (χ1n) is 8.64. The molecule has 0 saturated carbocycles. The quantitative estimate of drug-likeness (QED) is 0.798. The third kappa shape index (κ3) is 3.28. The highest BCUT2D eigenvalue weighted by atomic mass is 32.2. The van der Waals surface area contributed by atoms with Crippen molar-refractivity contribution in [2.75, 3.05) is 18.4 Å². The van der Waals surface area contributed by atoms with Crippen molar-refractivity contribution in [3.63, 3.8) is 0 Å². The molecular weight excluding hydrogens is 366 g/mol. The number of nitrogens with zero attached hydrogens (tertiary/aromatic N) is 2.